The number of thioether (sulfide) groups is 1. The van der Waals surface area contributed by atoms with Crippen LogP contribution in [0.15, 0.2) is 16.2 Å². The summed E-state index contributed by atoms with van der Waals surface area (Å²) in [7, 11) is 1.30. The SMILES string of the molecule is COC(=O)c1sccc1NC(=O)C(C)SCc1nc2sc(C)c(C)c2c(=O)[nH]1. The van der Waals surface area contributed by atoms with Crippen molar-refractivity contribution in [3.05, 3.63) is 42.9 Å². The van der Waals surface area contributed by atoms with Crippen LogP contribution in [0, 0.1) is 13.8 Å². The van der Waals surface area contributed by atoms with E-state index in [1.54, 1.807) is 18.4 Å². The molecule has 28 heavy (non-hydrogen) atoms. The Labute approximate surface area is 173 Å². The molecule has 0 aromatic carbocycles. The summed E-state index contributed by atoms with van der Waals surface area (Å²) in [6, 6.07) is 1.67. The number of aryl methyl sites for hydroxylation is 2. The van der Waals surface area contributed by atoms with Gasteiger partial charge in [-0.05, 0) is 37.8 Å². The van der Waals surface area contributed by atoms with Gasteiger partial charge in [-0.3, -0.25) is 9.59 Å². The number of thiophene rings is 2. The van der Waals surface area contributed by atoms with Gasteiger partial charge < -0.3 is 15.0 Å². The summed E-state index contributed by atoms with van der Waals surface area (Å²) in [4.78, 5) is 46.0. The maximum absolute atomic E-state index is 12.5. The number of carbonyl (C=O) groups is 2. The van der Waals surface area contributed by atoms with Crippen molar-refractivity contribution in [3.63, 3.8) is 0 Å². The molecule has 7 nitrogen and oxygen atoms in total. The Morgan fingerprint density at radius 1 is 1.39 bits per heavy atom. The Morgan fingerprint density at radius 3 is 2.86 bits per heavy atom. The third kappa shape index (κ3) is 4.13. The predicted octanol–water partition coefficient (Wildman–Crippen LogP) is 3.71. The average molecular weight is 438 g/mol. The molecule has 0 fully saturated rings. The zero-order valence-electron chi connectivity index (χ0n) is 15.7. The second-order valence-corrected chi connectivity index (χ2v) is 9.52. The first-order valence-corrected chi connectivity index (χ1v) is 11.1. The smallest absolute Gasteiger partial charge is 0.350 e. The van der Waals surface area contributed by atoms with Crippen LogP contribution >= 0.6 is 34.4 Å². The van der Waals surface area contributed by atoms with Crippen molar-refractivity contribution in [1.82, 2.24) is 9.97 Å². The number of hydrogen-bond donors (Lipinski definition) is 2. The fourth-order valence-corrected chi connectivity index (χ4v) is 5.11. The van der Waals surface area contributed by atoms with Crippen LogP contribution in [0.2, 0.25) is 0 Å². The largest absolute Gasteiger partial charge is 0.465 e. The first-order chi connectivity index (χ1) is 13.3. The Morgan fingerprint density at radius 2 is 2.14 bits per heavy atom. The van der Waals surface area contributed by atoms with Crippen LogP contribution in [-0.2, 0) is 15.3 Å². The molecule has 0 aliphatic carbocycles. The fraction of sp³-hybridized carbons (Fsp3) is 0.333. The minimum absolute atomic E-state index is 0.152. The number of amides is 1. The molecule has 3 aromatic rings. The summed E-state index contributed by atoms with van der Waals surface area (Å²) >= 11 is 4.06. The molecule has 0 spiro atoms. The van der Waals surface area contributed by atoms with E-state index in [-0.39, 0.29) is 11.5 Å². The van der Waals surface area contributed by atoms with Gasteiger partial charge in [0.15, 0.2) is 0 Å². The van der Waals surface area contributed by atoms with Gasteiger partial charge >= 0.3 is 5.97 Å². The number of fused-ring (bicyclic) bond motifs is 1. The van der Waals surface area contributed by atoms with E-state index in [2.05, 4.69) is 15.3 Å². The molecule has 3 heterocycles. The van der Waals surface area contributed by atoms with Crippen LogP contribution in [0.1, 0.15) is 32.9 Å². The van der Waals surface area contributed by atoms with Crippen molar-refractivity contribution in [3.8, 4) is 0 Å². The third-order valence-corrected chi connectivity index (χ3v) is 7.37. The lowest BCUT2D eigenvalue weighted by molar-refractivity contribution is -0.115. The molecule has 10 heteroatoms. The number of carbonyl (C=O) groups excluding carboxylic acids is 2. The summed E-state index contributed by atoms with van der Waals surface area (Å²) in [6.45, 7) is 5.65. The molecule has 0 aliphatic rings. The van der Waals surface area contributed by atoms with Gasteiger partial charge in [-0.15, -0.1) is 34.4 Å². The van der Waals surface area contributed by atoms with Gasteiger partial charge in [-0.1, -0.05) is 0 Å². The highest BCUT2D eigenvalue weighted by atomic mass is 32.2. The third-order valence-electron chi connectivity index (χ3n) is 4.22. The number of aromatic amines is 1. The Bertz CT molecular complexity index is 1100. The van der Waals surface area contributed by atoms with Gasteiger partial charge in [-0.25, -0.2) is 9.78 Å². The number of methoxy groups -OCH3 is 1. The quantitative estimate of drug-likeness (QED) is 0.570. The maximum atomic E-state index is 12.5. The van der Waals surface area contributed by atoms with Crippen molar-refractivity contribution < 1.29 is 14.3 Å². The van der Waals surface area contributed by atoms with Gasteiger partial charge in [0.25, 0.3) is 5.56 Å². The first kappa shape index (κ1) is 20.6. The van der Waals surface area contributed by atoms with Crippen molar-refractivity contribution in [2.75, 3.05) is 12.4 Å². The van der Waals surface area contributed by atoms with E-state index >= 15 is 0 Å². The van der Waals surface area contributed by atoms with Crippen LogP contribution < -0.4 is 10.9 Å². The fourth-order valence-electron chi connectivity index (χ4n) is 2.54. The van der Waals surface area contributed by atoms with Crippen molar-refractivity contribution in [1.29, 1.82) is 0 Å². The van der Waals surface area contributed by atoms with Crippen LogP contribution in [0.25, 0.3) is 10.2 Å². The lowest BCUT2D eigenvalue weighted by Crippen LogP contribution is -2.23. The number of anilines is 1. The highest BCUT2D eigenvalue weighted by molar-refractivity contribution is 7.99. The lowest BCUT2D eigenvalue weighted by Gasteiger charge is -2.12. The van der Waals surface area contributed by atoms with E-state index in [9.17, 15) is 14.4 Å². The molecule has 0 bridgehead atoms. The molecule has 3 aromatic heterocycles. The first-order valence-electron chi connectivity index (χ1n) is 8.39. The second kappa shape index (κ2) is 8.46. The summed E-state index contributed by atoms with van der Waals surface area (Å²) in [5.41, 5.74) is 1.24. The molecular formula is C18H19N3O4S3. The summed E-state index contributed by atoms with van der Waals surface area (Å²) < 4.78 is 4.71. The van der Waals surface area contributed by atoms with Crippen LogP contribution in [0.3, 0.4) is 0 Å². The summed E-state index contributed by atoms with van der Waals surface area (Å²) in [6.07, 6.45) is 0. The number of H-pyrrole nitrogens is 1. The Balaban J connectivity index is 1.67. The molecule has 2 N–H and O–H groups in total. The highest BCUT2D eigenvalue weighted by Gasteiger charge is 2.20. The lowest BCUT2D eigenvalue weighted by atomic mass is 10.2. The number of hydrogen-bond acceptors (Lipinski definition) is 8. The molecule has 148 valence electrons. The topological polar surface area (TPSA) is 101 Å². The number of aromatic nitrogens is 2. The molecule has 1 amide bonds. The molecule has 0 aliphatic heterocycles. The van der Waals surface area contributed by atoms with E-state index in [4.69, 9.17) is 4.74 Å². The predicted molar refractivity (Wildman–Crippen MR) is 115 cm³/mol. The van der Waals surface area contributed by atoms with E-state index in [1.165, 1.54) is 41.5 Å². The molecule has 0 saturated carbocycles. The zero-order chi connectivity index (χ0) is 20.4. The van der Waals surface area contributed by atoms with Crippen molar-refractivity contribution in [2.45, 2.75) is 31.8 Å². The number of esters is 1. The number of nitrogens with one attached hydrogen (secondary N) is 2. The summed E-state index contributed by atoms with van der Waals surface area (Å²) in [5.74, 6) is 0.208. The molecule has 1 atom stereocenters. The van der Waals surface area contributed by atoms with E-state index in [0.717, 1.165) is 10.4 Å². The number of ether oxygens (including phenoxy) is 1. The van der Waals surface area contributed by atoms with Gasteiger partial charge in [0.1, 0.15) is 15.5 Å². The van der Waals surface area contributed by atoms with E-state index in [0.29, 0.717) is 32.4 Å². The minimum atomic E-state index is -0.484. The van der Waals surface area contributed by atoms with Gasteiger partial charge in [0.05, 0.1) is 29.2 Å². The molecule has 0 saturated heterocycles. The van der Waals surface area contributed by atoms with Crippen molar-refractivity contribution in [2.24, 2.45) is 0 Å². The molecular weight excluding hydrogens is 418 g/mol. The number of rotatable bonds is 6. The monoisotopic (exact) mass is 437 g/mol. The van der Waals surface area contributed by atoms with E-state index in [1.807, 2.05) is 13.8 Å². The normalized spacial score (nSPS) is 12.1. The van der Waals surface area contributed by atoms with Gasteiger partial charge in [0, 0.05) is 4.88 Å². The van der Waals surface area contributed by atoms with Crippen LogP contribution in [0.5, 0.6) is 0 Å². The molecule has 0 radical (unpaired) electrons. The minimum Gasteiger partial charge on any atom is -0.465 e. The molecule has 3 rings (SSSR count). The zero-order valence-corrected chi connectivity index (χ0v) is 18.2. The van der Waals surface area contributed by atoms with Gasteiger partial charge in [-0.2, -0.15) is 0 Å². The summed E-state index contributed by atoms with van der Waals surface area (Å²) in [5, 5.41) is 4.70. The number of nitrogens with zero attached hydrogens (tertiary/aromatic N) is 1. The van der Waals surface area contributed by atoms with E-state index < -0.39 is 11.2 Å². The Hall–Kier alpha value is -2.17. The van der Waals surface area contributed by atoms with Gasteiger partial charge in [0.2, 0.25) is 5.91 Å². The maximum Gasteiger partial charge on any atom is 0.350 e. The standard InChI is InChI=1S/C18H19N3O4S3/c1-8-9(2)28-17-13(8)16(23)20-12(21-17)7-27-10(3)15(22)19-11-5-6-26-14(11)18(24)25-4/h5-6,10H,7H2,1-4H3,(H,19,22)(H,20,21,23). The van der Waals surface area contributed by atoms with Crippen LogP contribution in [0.4, 0.5) is 5.69 Å². The second-order valence-electron chi connectivity index (χ2n) is 6.07. The highest BCUT2D eigenvalue weighted by Crippen LogP contribution is 2.27. The van der Waals surface area contributed by atoms with Crippen molar-refractivity contribution >= 4 is 62.2 Å². The average Bonchev–Trinajstić information content (AvgIpc) is 3.23. The molecule has 1 unspecified atom stereocenters. The van der Waals surface area contributed by atoms with Crippen LogP contribution in [-0.4, -0.2) is 34.2 Å². The Kier molecular flexibility index (Phi) is 6.21.